The molecular weight excluding hydrogens is 376 g/mol. The monoisotopic (exact) mass is 424 g/mol. The summed E-state index contributed by atoms with van der Waals surface area (Å²) < 4.78 is 4.92. The van der Waals surface area contributed by atoms with E-state index in [2.05, 4.69) is 19.1 Å². The van der Waals surface area contributed by atoms with Gasteiger partial charge in [0.2, 0.25) is 0 Å². The Labute approximate surface area is 185 Å². The lowest BCUT2D eigenvalue weighted by molar-refractivity contribution is -0.159. The molecular formula is C26H48O4. The topological polar surface area (TPSA) is 63.6 Å². The van der Waals surface area contributed by atoms with Crippen LogP contribution in [0.25, 0.3) is 0 Å². The van der Waals surface area contributed by atoms with E-state index in [4.69, 9.17) is 9.84 Å². The first kappa shape index (κ1) is 28.8. The van der Waals surface area contributed by atoms with Crippen LogP contribution in [-0.4, -0.2) is 23.7 Å². The van der Waals surface area contributed by atoms with Crippen LogP contribution in [0.5, 0.6) is 0 Å². The maximum atomic E-state index is 11.7. The molecule has 0 atom stereocenters. The van der Waals surface area contributed by atoms with Crippen molar-refractivity contribution < 1.29 is 19.4 Å². The molecule has 0 aromatic heterocycles. The number of hydrogen-bond donors (Lipinski definition) is 1. The number of carbonyl (C=O) groups excluding carboxylic acids is 2. The van der Waals surface area contributed by atoms with E-state index >= 15 is 0 Å². The van der Waals surface area contributed by atoms with Gasteiger partial charge in [0.05, 0.1) is 0 Å². The third-order valence-electron chi connectivity index (χ3n) is 5.41. The highest BCUT2D eigenvalue weighted by molar-refractivity contribution is 5.85. The number of rotatable bonds is 22. The lowest BCUT2D eigenvalue weighted by Gasteiger charge is -2.04. The van der Waals surface area contributed by atoms with E-state index in [-0.39, 0.29) is 11.9 Å². The summed E-state index contributed by atoms with van der Waals surface area (Å²) in [6, 6.07) is 0. The lowest BCUT2D eigenvalue weighted by Crippen LogP contribution is -2.11. The van der Waals surface area contributed by atoms with Gasteiger partial charge < -0.3 is 9.84 Å². The molecule has 0 aliphatic carbocycles. The minimum atomic E-state index is -0.362. The number of allylic oxidation sites excluding steroid dienone is 2. The molecule has 0 aliphatic heterocycles. The molecule has 30 heavy (non-hydrogen) atoms. The highest BCUT2D eigenvalue weighted by Crippen LogP contribution is 2.12. The molecule has 0 heterocycles. The summed E-state index contributed by atoms with van der Waals surface area (Å²) in [6.07, 6.45) is 25.5. The Balaban J connectivity index is 3.36. The van der Waals surface area contributed by atoms with Crippen molar-refractivity contribution in [2.45, 2.75) is 135 Å². The van der Waals surface area contributed by atoms with Crippen LogP contribution in [0, 0.1) is 0 Å². The predicted octanol–water partition coefficient (Wildman–Crippen LogP) is 7.43. The Morgan fingerprint density at radius 3 is 1.47 bits per heavy atom. The molecule has 0 saturated heterocycles. The van der Waals surface area contributed by atoms with Crippen molar-refractivity contribution in [2.24, 2.45) is 0 Å². The van der Waals surface area contributed by atoms with E-state index in [1.807, 2.05) is 0 Å². The number of hydrogen-bond acceptors (Lipinski definition) is 4. The fraction of sp³-hybridized carbons (Fsp3) is 0.846. The Bertz CT molecular complexity index is 417. The number of esters is 2. The minimum absolute atomic E-state index is 0.302. The summed E-state index contributed by atoms with van der Waals surface area (Å²) >= 11 is 0. The molecule has 0 spiro atoms. The van der Waals surface area contributed by atoms with Gasteiger partial charge in [0.15, 0.2) is 0 Å². The zero-order chi connectivity index (χ0) is 22.1. The first-order valence-electron chi connectivity index (χ1n) is 12.7. The van der Waals surface area contributed by atoms with Crippen LogP contribution in [0.15, 0.2) is 12.2 Å². The minimum Gasteiger partial charge on any atom is -0.396 e. The molecule has 0 saturated carbocycles. The molecule has 4 heteroatoms. The van der Waals surface area contributed by atoms with Gasteiger partial charge in [0.1, 0.15) is 0 Å². The van der Waals surface area contributed by atoms with E-state index in [0.717, 1.165) is 57.8 Å². The van der Waals surface area contributed by atoms with Crippen LogP contribution in [-0.2, 0) is 14.3 Å². The lowest BCUT2D eigenvalue weighted by atomic mass is 10.1. The highest BCUT2D eigenvalue weighted by Gasteiger charge is 2.09. The smallest absolute Gasteiger partial charge is 0.313 e. The second kappa shape index (κ2) is 24.1. The Kier molecular flexibility index (Phi) is 23.2. The molecule has 1 N–H and O–H groups in total. The Hall–Kier alpha value is -1.16. The van der Waals surface area contributed by atoms with Crippen LogP contribution < -0.4 is 0 Å². The molecule has 0 aliphatic rings. The molecule has 0 radical (unpaired) electrons. The fourth-order valence-electron chi connectivity index (χ4n) is 3.47. The summed E-state index contributed by atoms with van der Waals surface area (Å²) in [7, 11) is 0. The van der Waals surface area contributed by atoms with Gasteiger partial charge in [-0.25, -0.2) is 0 Å². The SMILES string of the molecule is CCCC/C=C\CCCCCCCC(=O)OC(=O)CCCCCCCCCCCO. The highest BCUT2D eigenvalue weighted by atomic mass is 16.6. The molecule has 0 aromatic rings. The van der Waals surface area contributed by atoms with Crippen molar-refractivity contribution in [3.63, 3.8) is 0 Å². The van der Waals surface area contributed by atoms with Crippen LogP contribution >= 0.6 is 0 Å². The van der Waals surface area contributed by atoms with Gasteiger partial charge in [-0.15, -0.1) is 0 Å². The zero-order valence-corrected chi connectivity index (χ0v) is 19.7. The van der Waals surface area contributed by atoms with Crippen LogP contribution in [0.2, 0.25) is 0 Å². The van der Waals surface area contributed by atoms with Crippen molar-refractivity contribution >= 4 is 11.9 Å². The van der Waals surface area contributed by atoms with Gasteiger partial charge in [-0.05, 0) is 38.5 Å². The van der Waals surface area contributed by atoms with Gasteiger partial charge in [-0.3, -0.25) is 9.59 Å². The molecule has 0 bridgehead atoms. The second-order valence-corrected chi connectivity index (χ2v) is 8.42. The Morgan fingerprint density at radius 2 is 1.00 bits per heavy atom. The van der Waals surface area contributed by atoms with E-state index < -0.39 is 0 Å². The summed E-state index contributed by atoms with van der Waals surface area (Å²) in [5.41, 5.74) is 0. The van der Waals surface area contributed by atoms with Crippen LogP contribution in [0.4, 0.5) is 0 Å². The zero-order valence-electron chi connectivity index (χ0n) is 19.7. The van der Waals surface area contributed by atoms with Crippen molar-refractivity contribution in [3.8, 4) is 0 Å². The quantitative estimate of drug-likeness (QED) is 0.0849. The maximum Gasteiger partial charge on any atom is 0.313 e. The summed E-state index contributed by atoms with van der Waals surface area (Å²) in [6.45, 7) is 2.52. The van der Waals surface area contributed by atoms with E-state index in [1.165, 1.54) is 57.8 Å². The van der Waals surface area contributed by atoms with E-state index in [0.29, 0.717) is 19.4 Å². The van der Waals surface area contributed by atoms with Crippen molar-refractivity contribution in [3.05, 3.63) is 12.2 Å². The second-order valence-electron chi connectivity index (χ2n) is 8.42. The van der Waals surface area contributed by atoms with Gasteiger partial charge in [-0.2, -0.15) is 0 Å². The molecule has 0 unspecified atom stereocenters. The summed E-state index contributed by atoms with van der Waals surface area (Å²) in [5, 5.41) is 8.72. The van der Waals surface area contributed by atoms with Crippen molar-refractivity contribution in [2.75, 3.05) is 6.61 Å². The average Bonchev–Trinajstić information content (AvgIpc) is 2.73. The third-order valence-corrected chi connectivity index (χ3v) is 5.41. The third kappa shape index (κ3) is 23.1. The number of aliphatic hydroxyl groups is 1. The number of unbranched alkanes of at least 4 members (excludes halogenated alkanes) is 15. The number of ether oxygens (including phenoxy) is 1. The molecule has 4 nitrogen and oxygen atoms in total. The normalized spacial score (nSPS) is 11.3. The maximum absolute atomic E-state index is 11.7. The molecule has 176 valence electrons. The first-order valence-corrected chi connectivity index (χ1v) is 12.7. The number of aliphatic hydroxyl groups excluding tert-OH is 1. The molecule has 0 aromatic carbocycles. The van der Waals surface area contributed by atoms with E-state index in [1.54, 1.807) is 0 Å². The van der Waals surface area contributed by atoms with Crippen LogP contribution in [0.1, 0.15) is 135 Å². The predicted molar refractivity (Wildman–Crippen MR) is 125 cm³/mol. The van der Waals surface area contributed by atoms with Crippen molar-refractivity contribution in [1.82, 2.24) is 0 Å². The van der Waals surface area contributed by atoms with E-state index in [9.17, 15) is 9.59 Å². The van der Waals surface area contributed by atoms with Crippen molar-refractivity contribution in [1.29, 1.82) is 0 Å². The van der Waals surface area contributed by atoms with Gasteiger partial charge in [0.25, 0.3) is 0 Å². The van der Waals surface area contributed by atoms with Crippen LogP contribution in [0.3, 0.4) is 0 Å². The van der Waals surface area contributed by atoms with Gasteiger partial charge >= 0.3 is 11.9 Å². The Morgan fingerprint density at radius 1 is 0.600 bits per heavy atom. The molecule has 0 amide bonds. The molecule has 0 rings (SSSR count). The fourth-order valence-corrected chi connectivity index (χ4v) is 3.47. The largest absolute Gasteiger partial charge is 0.396 e. The van der Waals surface area contributed by atoms with Gasteiger partial charge in [0, 0.05) is 19.4 Å². The summed E-state index contributed by atoms with van der Waals surface area (Å²) in [4.78, 5) is 23.4. The van der Waals surface area contributed by atoms with Gasteiger partial charge in [-0.1, -0.05) is 96.1 Å². The number of carbonyl (C=O) groups is 2. The average molecular weight is 425 g/mol. The standard InChI is InChI=1S/C26H48O4/c1-2-3-4-5-6-7-8-10-13-16-19-22-25(28)30-26(29)23-20-17-14-11-9-12-15-18-21-24-27/h5-6,27H,2-4,7-24H2,1H3/b6-5-. The summed E-state index contributed by atoms with van der Waals surface area (Å²) in [5.74, 6) is -0.722. The first-order chi connectivity index (χ1) is 14.7. The molecule has 0 fully saturated rings.